The van der Waals surface area contributed by atoms with Crippen LogP contribution in [-0.2, 0) is 0 Å². The predicted molar refractivity (Wildman–Crippen MR) is 153 cm³/mol. The maximum atomic E-state index is 13.5. The van der Waals surface area contributed by atoms with Gasteiger partial charge in [0.25, 0.3) is 11.8 Å². The summed E-state index contributed by atoms with van der Waals surface area (Å²) in [6, 6.07) is 19.1. The first kappa shape index (κ1) is 27.4. The molecule has 0 saturated heterocycles. The lowest BCUT2D eigenvalue weighted by Gasteiger charge is -2.47. The molecule has 2 N–H and O–H groups in total. The molecule has 2 heterocycles. The van der Waals surface area contributed by atoms with Crippen molar-refractivity contribution in [2.24, 2.45) is 10.8 Å². The van der Waals surface area contributed by atoms with E-state index in [2.05, 4.69) is 41.7 Å². The third-order valence-corrected chi connectivity index (χ3v) is 7.73. The van der Waals surface area contributed by atoms with Crippen LogP contribution in [0.5, 0.6) is 0 Å². The SMILES string of the molecule is Cc1onc(-c2ccccc2)c1C(=O)NCC1(C)CC(NC(=O)c2c(-c3ccccc3)noc2C)CC(C)(C)C1. The summed E-state index contributed by atoms with van der Waals surface area (Å²) in [4.78, 5) is 26.9. The summed E-state index contributed by atoms with van der Waals surface area (Å²) in [6.07, 6.45) is 2.46. The van der Waals surface area contributed by atoms with Gasteiger partial charge in [0.2, 0.25) is 0 Å². The van der Waals surface area contributed by atoms with Crippen LogP contribution in [0, 0.1) is 24.7 Å². The van der Waals surface area contributed by atoms with Gasteiger partial charge in [-0.05, 0) is 43.9 Å². The quantitative estimate of drug-likeness (QED) is 0.282. The predicted octanol–water partition coefficient (Wildman–Crippen LogP) is 6.36. The number of aryl methyl sites for hydroxylation is 2. The zero-order valence-corrected chi connectivity index (χ0v) is 23.7. The van der Waals surface area contributed by atoms with Crippen molar-refractivity contribution in [3.8, 4) is 22.5 Å². The molecule has 4 aromatic rings. The lowest BCUT2D eigenvalue weighted by atomic mass is 9.62. The number of benzene rings is 2. The van der Waals surface area contributed by atoms with Gasteiger partial charge in [-0.1, -0.05) is 91.7 Å². The smallest absolute Gasteiger partial charge is 0.257 e. The summed E-state index contributed by atoms with van der Waals surface area (Å²) < 4.78 is 10.8. The minimum Gasteiger partial charge on any atom is -0.360 e. The molecule has 0 radical (unpaired) electrons. The van der Waals surface area contributed by atoms with Gasteiger partial charge in [-0.25, -0.2) is 0 Å². The number of hydrogen-bond donors (Lipinski definition) is 2. The molecule has 1 aliphatic rings. The Labute approximate surface area is 234 Å². The Balaban J connectivity index is 1.31. The highest BCUT2D eigenvalue weighted by atomic mass is 16.5. The van der Waals surface area contributed by atoms with Crippen LogP contribution in [0.2, 0.25) is 0 Å². The van der Waals surface area contributed by atoms with Crippen LogP contribution in [0.3, 0.4) is 0 Å². The second-order valence-electron chi connectivity index (χ2n) is 12.1. The number of nitrogens with zero attached hydrogens (tertiary/aromatic N) is 2. The summed E-state index contributed by atoms with van der Waals surface area (Å²) in [5.74, 6) is 0.559. The maximum absolute atomic E-state index is 13.5. The molecule has 2 aromatic carbocycles. The zero-order chi connectivity index (χ0) is 28.5. The zero-order valence-electron chi connectivity index (χ0n) is 23.7. The van der Waals surface area contributed by atoms with E-state index in [0.717, 1.165) is 30.4 Å². The third-order valence-electron chi connectivity index (χ3n) is 7.73. The van der Waals surface area contributed by atoms with Gasteiger partial charge in [-0.15, -0.1) is 0 Å². The molecule has 8 nitrogen and oxygen atoms in total. The molecular weight excluding hydrogens is 504 g/mol. The Morgan fingerprint density at radius 1 is 0.800 bits per heavy atom. The molecule has 0 bridgehead atoms. The first-order valence-corrected chi connectivity index (χ1v) is 13.7. The average Bonchev–Trinajstić information content (AvgIpc) is 3.49. The normalized spacial score (nSPS) is 20.2. The fourth-order valence-corrected chi connectivity index (χ4v) is 6.38. The standard InChI is InChI=1S/C32H36N4O4/c1-20-25(27(35-39-20)22-12-8-6-9-13-22)29(37)33-19-32(5)17-24(16-31(3,4)18-32)34-30(38)26-21(2)40-36-28(26)23-14-10-7-11-15-23/h6-15,24H,16-19H2,1-5H3,(H,33,37)(H,34,38). The number of carbonyl (C=O) groups is 2. The van der Waals surface area contributed by atoms with E-state index in [1.165, 1.54) is 0 Å². The van der Waals surface area contributed by atoms with E-state index in [4.69, 9.17) is 9.05 Å². The van der Waals surface area contributed by atoms with Crippen molar-refractivity contribution in [1.29, 1.82) is 0 Å². The molecule has 208 valence electrons. The molecule has 2 aromatic heterocycles. The maximum Gasteiger partial charge on any atom is 0.257 e. The van der Waals surface area contributed by atoms with Crippen molar-refractivity contribution in [2.45, 2.75) is 59.9 Å². The highest BCUT2D eigenvalue weighted by molar-refractivity contribution is 6.01. The van der Waals surface area contributed by atoms with Gasteiger partial charge < -0.3 is 19.7 Å². The molecule has 5 rings (SSSR count). The van der Waals surface area contributed by atoms with E-state index >= 15 is 0 Å². The third kappa shape index (κ3) is 5.71. The second-order valence-corrected chi connectivity index (χ2v) is 12.1. The molecule has 2 amide bonds. The van der Waals surface area contributed by atoms with Crippen molar-refractivity contribution in [2.75, 3.05) is 6.54 Å². The molecule has 1 fully saturated rings. The lowest BCUT2D eigenvalue weighted by molar-refractivity contribution is 0.0591. The van der Waals surface area contributed by atoms with E-state index < -0.39 is 0 Å². The van der Waals surface area contributed by atoms with Crippen molar-refractivity contribution in [3.63, 3.8) is 0 Å². The Morgan fingerprint density at radius 3 is 1.82 bits per heavy atom. The van der Waals surface area contributed by atoms with Gasteiger partial charge in [0.05, 0.1) is 0 Å². The number of amides is 2. The topological polar surface area (TPSA) is 110 Å². The largest absolute Gasteiger partial charge is 0.360 e. The summed E-state index contributed by atoms with van der Waals surface area (Å²) in [5.41, 5.74) is 3.37. The van der Waals surface area contributed by atoms with Crippen LogP contribution in [0.25, 0.3) is 22.5 Å². The van der Waals surface area contributed by atoms with E-state index in [1.54, 1.807) is 13.8 Å². The second kappa shape index (κ2) is 10.8. The molecule has 8 heteroatoms. The highest BCUT2D eigenvalue weighted by Crippen LogP contribution is 2.46. The Morgan fingerprint density at radius 2 is 1.30 bits per heavy atom. The number of hydrogen-bond acceptors (Lipinski definition) is 6. The molecule has 40 heavy (non-hydrogen) atoms. The number of nitrogens with one attached hydrogen (secondary N) is 2. The first-order chi connectivity index (χ1) is 19.1. The molecule has 0 aliphatic heterocycles. The lowest BCUT2D eigenvalue weighted by Crippen LogP contribution is -2.50. The van der Waals surface area contributed by atoms with E-state index in [-0.39, 0.29) is 28.7 Å². The number of carbonyl (C=O) groups excluding carboxylic acids is 2. The first-order valence-electron chi connectivity index (χ1n) is 13.7. The van der Waals surface area contributed by atoms with Crippen LogP contribution in [0.4, 0.5) is 0 Å². The van der Waals surface area contributed by atoms with Crippen LogP contribution in [0.1, 0.15) is 72.3 Å². The fourth-order valence-electron chi connectivity index (χ4n) is 6.38. The van der Waals surface area contributed by atoms with E-state index in [0.29, 0.717) is 40.6 Å². The van der Waals surface area contributed by atoms with Crippen molar-refractivity contribution >= 4 is 11.8 Å². The summed E-state index contributed by atoms with van der Waals surface area (Å²) in [7, 11) is 0. The monoisotopic (exact) mass is 540 g/mol. The van der Waals surface area contributed by atoms with Crippen LogP contribution in [0.15, 0.2) is 69.7 Å². The molecule has 0 spiro atoms. The van der Waals surface area contributed by atoms with E-state index in [1.807, 2.05) is 60.7 Å². The van der Waals surface area contributed by atoms with Gasteiger partial charge in [-0.2, -0.15) is 0 Å². The minimum absolute atomic E-state index is 0.0378. The summed E-state index contributed by atoms with van der Waals surface area (Å²) >= 11 is 0. The van der Waals surface area contributed by atoms with Crippen LogP contribution >= 0.6 is 0 Å². The Hall–Kier alpha value is -4.20. The van der Waals surface area contributed by atoms with Gasteiger partial charge in [0, 0.05) is 23.7 Å². The molecule has 2 atom stereocenters. The van der Waals surface area contributed by atoms with Gasteiger partial charge >= 0.3 is 0 Å². The van der Waals surface area contributed by atoms with Gasteiger partial charge in [-0.3, -0.25) is 9.59 Å². The number of aromatic nitrogens is 2. The summed E-state index contributed by atoms with van der Waals surface area (Å²) in [6.45, 7) is 10.6. The summed E-state index contributed by atoms with van der Waals surface area (Å²) in [5, 5.41) is 14.7. The van der Waals surface area contributed by atoms with Crippen LogP contribution < -0.4 is 10.6 Å². The Bertz CT molecular complexity index is 1510. The van der Waals surface area contributed by atoms with Crippen molar-refractivity contribution in [1.82, 2.24) is 20.9 Å². The number of rotatable bonds is 7. The van der Waals surface area contributed by atoms with Crippen LogP contribution in [-0.4, -0.2) is 34.7 Å². The average molecular weight is 541 g/mol. The van der Waals surface area contributed by atoms with Crippen molar-refractivity contribution in [3.05, 3.63) is 83.3 Å². The fraction of sp³-hybridized carbons (Fsp3) is 0.375. The molecular formula is C32H36N4O4. The van der Waals surface area contributed by atoms with Gasteiger partial charge in [0.15, 0.2) is 0 Å². The molecule has 1 aliphatic carbocycles. The molecule has 2 unspecified atom stereocenters. The minimum atomic E-state index is -0.237. The molecule has 1 saturated carbocycles. The Kier molecular flexibility index (Phi) is 7.36. The van der Waals surface area contributed by atoms with E-state index in [9.17, 15) is 9.59 Å². The highest BCUT2D eigenvalue weighted by Gasteiger charge is 2.42. The van der Waals surface area contributed by atoms with Crippen molar-refractivity contribution < 1.29 is 18.6 Å². The van der Waals surface area contributed by atoms with Gasteiger partial charge in [0.1, 0.15) is 34.0 Å².